The molecule has 1 aromatic carbocycles. The topological polar surface area (TPSA) is 32.4 Å². The molecule has 1 unspecified atom stereocenters. The number of nitroso groups, excluding NO2 is 1. The molecular weight excluding hydrogens is 152 g/mol. The van der Waals surface area contributed by atoms with Gasteiger partial charge in [0.25, 0.3) is 0 Å². The van der Waals surface area contributed by atoms with Gasteiger partial charge in [-0.2, -0.15) is 0 Å². The van der Waals surface area contributed by atoms with E-state index in [9.17, 15) is 4.91 Å². The minimum atomic E-state index is 0.352. The first kappa shape index (κ1) is 7.28. The van der Waals surface area contributed by atoms with Gasteiger partial charge in [-0.05, 0) is 12.0 Å². The van der Waals surface area contributed by atoms with Crippen molar-refractivity contribution in [3.8, 4) is 0 Å². The molecule has 1 saturated heterocycles. The monoisotopic (exact) mass is 162 g/mol. The van der Waals surface area contributed by atoms with Crippen LogP contribution in [0.3, 0.4) is 0 Å². The van der Waals surface area contributed by atoms with Crippen molar-refractivity contribution in [1.29, 1.82) is 0 Å². The lowest BCUT2D eigenvalue weighted by molar-refractivity contribution is 0.533. The molecule has 1 aliphatic heterocycles. The largest absolute Gasteiger partial charge is 0.254 e. The zero-order chi connectivity index (χ0) is 8.39. The zero-order valence-corrected chi connectivity index (χ0v) is 6.68. The molecule has 3 heteroatoms. The lowest BCUT2D eigenvalue weighted by atomic mass is 10.1. The molecule has 62 valence electrons. The van der Waals surface area contributed by atoms with Crippen LogP contribution in [0, 0.1) is 4.91 Å². The SMILES string of the molecule is O=NN1CC1Cc1ccccc1. The summed E-state index contributed by atoms with van der Waals surface area (Å²) in [6, 6.07) is 10.5. The molecule has 3 nitrogen and oxygen atoms in total. The Morgan fingerprint density at radius 1 is 1.42 bits per heavy atom. The quantitative estimate of drug-likeness (QED) is 0.499. The van der Waals surface area contributed by atoms with Crippen LogP contribution in [-0.4, -0.2) is 17.6 Å². The number of hydrogen-bond donors (Lipinski definition) is 0. The van der Waals surface area contributed by atoms with E-state index in [4.69, 9.17) is 0 Å². The fourth-order valence-corrected chi connectivity index (χ4v) is 1.32. The summed E-state index contributed by atoms with van der Waals surface area (Å²) in [5, 5.41) is 4.42. The average Bonchev–Trinajstić information content (AvgIpc) is 2.85. The summed E-state index contributed by atoms with van der Waals surface area (Å²) < 4.78 is 0. The smallest absolute Gasteiger partial charge is 0.0736 e. The van der Waals surface area contributed by atoms with Crippen LogP contribution >= 0.6 is 0 Å². The predicted octanol–water partition coefficient (Wildman–Crippen LogP) is 1.59. The van der Waals surface area contributed by atoms with Gasteiger partial charge >= 0.3 is 0 Å². The minimum absolute atomic E-state index is 0.352. The minimum Gasteiger partial charge on any atom is -0.254 e. The molecule has 0 bridgehead atoms. The fourth-order valence-electron chi connectivity index (χ4n) is 1.32. The van der Waals surface area contributed by atoms with Gasteiger partial charge in [0.15, 0.2) is 0 Å². The highest BCUT2D eigenvalue weighted by atomic mass is 16.3. The van der Waals surface area contributed by atoms with E-state index in [1.807, 2.05) is 18.2 Å². The molecule has 1 fully saturated rings. The van der Waals surface area contributed by atoms with Crippen LogP contribution in [0.25, 0.3) is 0 Å². The van der Waals surface area contributed by atoms with Crippen molar-refractivity contribution < 1.29 is 0 Å². The normalized spacial score (nSPS) is 20.7. The lowest BCUT2D eigenvalue weighted by Crippen LogP contribution is -1.97. The number of benzene rings is 1. The molecule has 2 rings (SSSR count). The summed E-state index contributed by atoms with van der Waals surface area (Å²) in [7, 11) is 0. The summed E-state index contributed by atoms with van der Waals surface area (Å²) in [6.45, 7) is 0.818. The van der Waals surface area contributed by atoms with Gasteiger partial charge in [0.2, 0.25) is 0 Å². The van der Waals surface area contributed by atoms with Crippen LogP contribution in [0.5, 0.6) is 0 Å². The van der Waals surface area contributed by atoms with Gasteiger partial charge in [-0.25, -0.2) is 0 Å². The molecule has 1 heterocycles. The van der Waals surface area contributed by atoms with E-state index in [0.717, 1.165) is 13.0 Å². The zero-order valence-electron chi connectivity index (χ0n) is 6.68. The van der Waals surface area contributed by atoms with Crippen LogP contribution in [0.2, 0.25) is 0 Å². The lowest BCUT2D eigenvalue weighted by Gasteiger charge is -1.96. The molecule has 1 aromatic rings. The Labute approximate surface area is 70.9 Å². The van der Waals surface area contributed by atoms with Crippen LogP contribution in [0.1, 0.15) is 5.56 Å². The Balaban J connectivity index is 1.93. The van der Waals surface area contributed by atoms with Gasteiger partial charge in [0.1, 0.15) is 0 Å². The molecule has 0 aromatic heterocycles. The Kier molecular flexibility index (Phi) is 1.78. The van der Waals surface area contributed by atoms with Crippen LogP contribution in [0.4, 0.5) is 0 Å². The Morgan fingerprint density at radius 3 is 2.75 bits per heavy atom. The summed E-state index contributed by atoms with van der Waals surface area (Å²) in [5.74, 6) is 0. The van der Waals surface area contributed by atoms with Gasteiger partial charge < -0.3 is 0 Å². The molecule has 0 aliphatic carbocycles. The van der Waals surface area contributed by atoms with Gasteiger partial charge in [-0.1, -0.05) is 30.3 Å². The maximum Gasteiger partial charge on any atom is 0.0736 e. The van der Waals surface area contributed by atoms with Crippen molar-refractivity contribution >= 4 is 0 Å². The summed E-state index contributed by atoms with van der Waals surface area (Å²) in [4.78, 5) is 10.0. The summed E-state index contributed by atoms with van der Waals surface area (Å²) >= 11 is 0. The van der Waals surface area contributed by atoms with Crippen molar-refractivity contribution in [3.63, 3.8) is 0 Å². The highest BCUT2D eigenvalue weighted by molar-refractivity contribution is 5.17. The fraction of sp³-hybridized carbons (Fsp3) is 0.333. The molecule has 0 saturated carbocycles. The van der Waals surface area contributed by atoms with Crippen molar-refractivity contribution in [2.45, 2.75) is 12.5 Å². The maximum atomic E-state index is 10.0. The number of rotatable bonds is 3. The molecule has 0 amide bonds. The van der Waals surface area contributed by atoms with Gasteiger partial charge in [0.05, 0.1) is 17.9 Å². The first-order valence-corrected chi connectivity index (χ1v) is 4.04. The van der Waals surface area contributed by atoms with Crippen LogP contribution < -0.4 is 0 Å². The molecule has 1 aliphatic rings. The third-order valence-corrected chi connectivity index (χ3v) is 2.10. The van der Waals surface area contributed by atoms with Crippen molar-refractivity contribution in [2.24, 2.45) is 5.29 Å². The molecular formula is C9H10N2O. The highest BCUT2D eigenvalue weighted by Gasteiger charge is 2.34. The molecule has 0 spiro atoms. The van der Waals surface area contributed by atoms with Gasteiger partial charge in [-0.15, -0.1) is 4.91 Å². The molecule has 0 radical (unpaired) electrons. The predicted molar refractivity (Wildman–Crippen MR) is 46.4 cm³/mol. The van der Waals surface area contributed by atoms with E-state index in [1.165, 1.54) is 5.56 Å². The number of nitrogens with zero attached hydrogens (tertiary/aromatic N) is 2. The summed E-state index contributed by atoms with van der Waals surface area (Å²) in [5.41, 5.74) is 1.27. The first-order chi connectivity index (χ1) is 5.90. The Hall–Kier alpha value is -1.38. The Morgan fingerprint density at radius 2 is 2.17 bits per heavy atom. The van der Waals surface area contributed by atoms with E-state index in [1.54, 1.807) is 5.01 Å². The van der Waals surface area contributed by atoms with Gasteiger partial charge in [-0.3, -0.25) is 5.01 Å². The summed E-state index contributed by atoms with van der Waals surface area (Å²) in [6.07, 6.45) is 0.937. The van der Waals surface area contributed by atoms with E-state index in [0.29, 0.717) is 6.04 Å². The number of hydrogen-bond acceptors (Lipinski definition) is 2. The van der Waals surface area contributed by atoms with Crippen LogP contribution in [-0.2, 0) is 6.42 Å². The molecule has 12 heavy (non-hydrogen) atoms. The van der Waals surface area contributed by atoms with Crippen molar-refractivity contribution in [3.05, 3.63) is 40.8 Å². The van der Waals surface area contributed by atoms with Crippen molar-refractivity contribution in [1.82, 2.24) is 5.01 Å². The third-order valence-electron chi connectivity index (χ3n) is 2.10. The van der Waals surface area contributed by atoms with E-state index in [2.05, 4.69) is 17.4 Å². The second-order valence-electron chi connectivity index (χ2n) is 3.05. The van der Waals surface area contributed by atoms with Crippen LogP contribution in [0.15, 0.2) is 35.6 Å². The molecule has 0 N–H and O–H groups in total. The van der Waals surface area contributed by atoms with E-state index in [-0.39, 0.29) is 0 Å². The average molecular weight is 162 g/mol. The standard InChI is InChI=1S/C9H10N2O/c12-10-11-7-9(11)6-8-4-2-1-3-5-8/h1-5,9H,6-7H2. The third kappa shape index (κ3) is 1.44. The van der Waals surface area contributed by atoms with Gasteiger partial charge in [0, 0.05) is 0 Å². The van der Waals surface area contributed by atoms with E-state index < -0.39 is 0 Å². The second kappa shape index (κ2) is 2.93. The Bertz CT molecular complexity index is 273. The second-order valence-corrected chi connectivity index (χ2v) is 3.05. The maximum absolute atomic E-state index is 10.0. The van der Waals surface area contributed by atoms with E-state index >= 15 is 0 Å². The van der Waals surface area contributed by atoms with Crippen molar-refractivity contribution in [2.75, 3.05) is 6.54 Å². The first-order valence-electron chi connectivity index (χ1n) is 4.04. The highest BCUT2D eigenvalue weighted by Crippen LogP contribution is 2.21. The molecule has 1 atom stereocenters.